The first kappa shape index (κ1) is 10.9. The molecule has 0 N–H and O–H groups in total. The Morgan fingerprint density at radius 2 is 1.36 bits per heavy atom. The Morgan fingerprint density at radius 1 is 1.00 bits per heavy atom. The molecule has 0 fully saturated rings. The molecule has 0 heterocycles. The van der Waals surface area contributed by atoms with Crippen molar-refractivity contribution in [3.63, 3.8) is 0 Å². The van der Waals surface area contributed by atoms with Crippen LogP contribution in [0.5, 0.6) is 0 Å². The van der Waals surface area contributed by atoms with E-state index in [2.05, 4.69) is 31.9 Å². The third-order valence-electron chi connectivity index (χ3n) is 1.47. The molecular formula is C7H8Br2N2. The fourth-order valence-electron chi connectivity index (χ4n) is 0.696. The Kier molecular flexibility index (Phi) is 5.54. The van der Waals surface area contributed by atoms with Gasteiger partial charge in [-0.1, -0.05) is 31.9 Å². The maximum atomic E-state index is 8.72. The summed E-state index contributed by atoms with van der Waals surface area (Å²) in [6.07, 6.45) is 1.18. The van der Waals surface area contributed by atoms with Crippen LogP contribution >= 0.6 is 31.9 Å². The van der Waals surface area contributed by atoms with Crippen LogP contribution < -0.4 is 0 Å². The molecule has 0 unspecified atom stereocenters. The van der Waals surface area contributed by atoms with Crippen LogP contribution in [0.2, 0.25) is 0 Å². The monoisotopic (exact) mass is 278 g/mol. The van der Waals surface area contributed by atoms with Crippen molar-refractivity contribution in [1.82, 2.24) is 0 Å². The zero-order chi connectivity index (χ0) is 8.74. The van der Waals surface area contributed by atoms with Gasteiger partial charge in [0.2, 0.25) is 0 Å². The lowest BCUT2D eigenvalue weighted by molar-refractivity contribution is 0.496. The molecule has 0 aromatic heterocycles. The van der Waals surface area contributed by atoms with Crippen molar-refractivity contribution in [3.8, 4) is 12.1 Å². The average Bonchev–Trinajstić information content (AvgIpc) is 2.04. The van der Waals surface area contributed by atoms with Gasteiger partial charge in [0.15, 0.2) is 0 Å². The van der Waals surface area contributed by atoms with Gasteiger partial charge in [-0.15, -0.1) is 0 Å². The lowest BCUT2D eigenvalue weighted by atomic mass is 9.86. The predicted octanol–water partition coefficient (Wildman–Crippen LogP) is 2.59. The van der Waals surface area contributed by atoms with Crippen LogP contribution in [-0.2, 0) is 0 Å². The molecule has 0 spiro atoms. The highest BCUT2D eigenvalue weighted by Crippen LogP contribution is 2.26. The van der Waals surface area contributed by atoms with Crippen molar-refractivity contribution >= 4 is 31.9 Å². The van der Waals surface area contributed by atoms with Crippen LogP contribution in [-0.4, -0.2) is 10.7 Å². The van der Waals surface area contributed by atoms with Crippen LogP contribution in [0.3, 0.4) is 0 Å². The third kappa shape index (κ3) is 3.22. The Hall–Kier alpha value is -0.0600. The predicted molar refractivity (Wildman–Crippen MR) is 50.5 cm³/mol. The third-order valence-corrected chi connectivity index (χ3v) is 2.26. The van der Waals surface area contributed by atoms with Gasteiger partial charge in [0.25, 0.3) is 0 Å². The van der Waals surface area contributed by atoms with Crippen molar-refractivity contribution in [1.29, 1.82) is 10.5 Å². The first-order valence-electron chi connectivity index (χ1n) is 3.19. The minimum absolute atomic E-state index is 0.589. The van der Waals surface area contributed by atoms with Gasteiger partial charge in [-0.3, -0.25) is 0 Å². The normalized spacial score (nSPS) is 10.2. The van der Waals surface area contributed by atoms with E-state index in [0.29, 0.717) is 23.5 Å². The highest BCUT2D eigenvalue weighted by atomic mass is 79.9. The number of halogens is 2. The largest absolute Gasteiger partial charge is 0.197 e. The average molecular weight is 280 g/mol. The highest BCUT2D eigenvalue weighted by Gasteiger charge is 2.27. The van der Waals surface area contributed by atoms with E-state index in [1.807, 2.05) is 12.1 Å². The number of rotatable bonds is 4. The van der Waals surface area contributed by atoms with Crippen LogP contribution in [0.25, 0.3) is 0 Å². The van der Waals surface area contributed by atoms with E-state index in [9.17, 15) is 0 Å². The summed E-state index contributed by atoms with van der Waals surface area (Å²) < 4.78 is 0. The second-order valence-electron chi connectivity index (χ2n) is 2.18. The van der Waals surface area contributed by atoms with E-state index >= 15 is 0 Å². The van der Waals surface area contributed by atoms with Gasteiger partial charge in [-0.05, 0) is 12.8 Å². The molecule has 0 saturated carbocycles. The molecule has 0 aromatic carbocycles. The van der Waals surface area contributed by atoms with Gasteiger partial charge in [0, 0.05) is 10.7 Å². The van der Waals surface area contributed by atoms with Crippen LogP contribution in [0.4, 0.5) is 0 Å². The van der Waals surface area contributed by atoms with E-state index in [1.165, 1.54) is 0 Å². The summed E-state index contributed by atoms with van der Waals surface area (Å²) in [6.45, 7) is 0. The van der Waals surface area contributed by atoms with Crippen LogP contribution in [0.1, 0.15) is 12.8 Å². The zero-order valence-corrected chi connectivity index (χ0v) is 9.15. The van der Waals surface area contributed by atoms with Crippen molar-refractivity contribution < 1.29 is 0 Å². The molecule has 0 bridgehead atoms. The SMILES string of the molecule is N#CC(C#N)(CCBr)CCBr. The maximum absolute atomic E-state index is 8.72. The minimum atomic E-state index is -0.799. The molecule has 0 aliphatic heterocycles. The fraction of sp³-hybridized carbons (Fsp3) is 0.714. The lowest BCUT2D eigenvalue weighted by Gasteiger charge is -2.14. The summed E-state index contributed by atoms with van der Waals surface area (Å²) in [5.74, 6) is 0. The molecule has 0 aromatic rings. The summed E-state index contributed by atoms with van der Waals surface area (Å²) >= 11 is 6.44. The molecular weight excluding hydrogens is 272 g/mol. The smallest absolute Gasteiger partial charge is 0.145 e. The molecule has 60 valence electrons. The standard InChI is InChI=1S/C7H8Br2N2/c8-3-1-7(5-10,6-11)2-4-9/h1-4H2. The first-order chi connectivity index (χ1) is 5.24. The number of hydrogen-bond acceptors (Lipinski definition) is 2. The number of hydrogen-bond donors (Lipinski definition) is 0. The summed E-state index contributed by atoms with van der Waals surface area (Å²) in [5.41, 5.74) is -0.799. The van der Waals surface area contributed by atoms with Gasteiger partial charge in [0.05, 0.1) is 12.1 Å². The summed E-state index contributed by atoms with van der Waals surface area (Å²) in [5, 5.41) is 18.8. The minimum Gasteiger partial charge on any atom is -0.197 e. The molecule has 0 amide bonds. The first-order valence-corrected chi connectivity index (χ1v) is 5.43. The van der Waals surface area contributed by atoms with Gasteiger partial charge in [0.1, 0.15) is 5.41 Å². The van der Waals surface area contributed by atoms with Crippen molar-refractivity contribution in [3.05, 3.63) is 0 Å². The topological polar surface area (TPSA) is 47.6 Å². The molecule has 0 atom stereocenters. The van der Waals surface area contributed by atoms with Gasteiger partial charge in [-0.25, -0.2) is 0 Å². The molecule has 2 nitrogen and oxygen atoms in total. The van der Waals surface area contributed by atoms with Crippen LogP contribution in [0, 0.1) is 28.1 Å². The Balaban J connectivity index is 4.27. The molecule has 0 rings (SSSR count). The number of alkyl halides is 2. The lowest BCUT2D eigenvalue weighted by Crippen LogP contribution is -2.17. The number of nitriles is 2. The van der Waals surface area contributed by atoms with Crippen molar-refractivity contribution in [2.24, 2.45) is 5.41 Å². The van der Waals surface area contributed by atoms with Gasteiger partial charge < -0.3 is 0 Å². The Bertz CT molecular complexity index is 168. The summed E-state index contributed by atoms with van der Waals surface area (Å²) in [7, 11) is 0. The quantitative estimate of drug-likeness (QED) is 0.743. The molecule has 11 heavy (non-hydrogen) atoms. The molecule has 0 aliphatic rings. The molecule has 0 saturated heterocycles. The second-order valence-corrected chi connectivity index (χ2v) is 3.77. The maximum Gasteiger partial charge on any atom is 0.145 e. The van der Waals surface area contributed by atoms with Crippen LogP contribution in [0.15, 0.2) is 0 Å². The summed E-state index contributed by atoms with van der Waals surface area (Å²) in [4.78, 5) is 0. The van der Waals surface area contributed by atoms with Gasteiger partial charge in [-0.2, -0.15) is 10.5 Å². The Labute approximate surface area is 83.4 Å². The highest BCUT2D eigenvalue weighted by molar-refractivity contribution is 9.09. The number of nitrogens with zero attached hydrogens (tertiary/aromatic N) is 2. The zero-order valence-electron chi connectivity index (χ0n) is 5.98. The molecule has 0 aliphatic carbocycles. The molecule has 4 heteroatoms. The van der Waals surface area contributed by atoms with Crippen molar-refractivity contribution in [2.45, 2.75) is 12.8 Å². The van der Waals surface area contributed by atoms with Crippen molar-refractivity contribution in [2.75, 3.05) is 10.7 Å². The summed E-state index contributed by atoms with van der Waals surface area (Å²) in [6, 6.07) is 4.09. The van der Waals surface area contributed by atoms with E-state index < -0.39 is 5.41 Å². The fourth-order valence-corrected chi connectivity index (χ4v) is 2.05. The molecule has 0 radical (unpaired) electrons. The van der Waals surface area contributed by atoms with E-state index in [1.54, 1.807) is 0 Å². The van der Waals surface area contributed by atoms with Gasteiger partial charge >= 0.3 is 0 Å². The second kappa shape index (κ2) is 5.57. The van der Waals surface area contributed by atoms with E-state index in [4.69, 9.17) is 10.5 Å². The Morgan fingerprint density at radius 3 is 1.55 bits per heavy atom. The van der Waals surface area contributed by atoms with E-state index in [0.717, 1.165) is 0 Å². The van der Waals surface area contributed by atoms with E-state index in [-0.39, 0.29) is 0 Å².